The van der Waals surface area contributed by atoms with Gasteiger partial charge in [0.2, 0.25) is 0 Å². The van der Waals surface area contributed by atoms with E-state index in [4.69, 9.17) is 10.5 Å². The van der Waals surface area contributed by atoms with Crippen LogP contribution in [0.4, 0.5) is 5.82 Å². The fourth-order valence-corrected chi connectivity index (χ4v) is 2.46. The Bertz CT molecular complexity index is 782. The van der Waals surface area contributed by atoms with Gasteiger partial charge in [0, 0.05) is 18.7 Å². The molecule has 2 heterocycles. The van der Waals surface area contributed by atoms with Gasteiger partial charge in [-0.05, 0) is 42.8 Å². The number of nitrogens with zero attached hydrogens (tertiary/aromatic N) is 3. The number of ether oxygens (including phenoxy) is 1. The lowest BCUT2D eigenvalue weighted by Gasteiger charge is -2.07. The van der Waals surface area contributed by atoms with Crippen molar-refractivity contribution in [2.75, 3.05) is 25.0 Å². The molecule has 0 amide bonds. The maximum Gasteiger partial charge on any atom is 0.154 e. The highest BCUT2D eigenvalue weighted by Gasteiger charge is 2.08. The first-order valence-electron chi connectivity index (χ1n) is 8.34. The summed E-state index contributed by atoms with van der Waals surface area (Å²) in [5, 5.41) is 8.00. The van der Waals surface area contributed by atoms with E-state index in [1.54, 1.807) is 0 Å². The van der Waals surface area contributed by atoms with Crippen LogP contribution in [0.1, 0.15) is 19.8 Å². The maximum atomic E-state index is 5.52. The number of aromatic nitrogens is 3. The van der Waals surface area contributed by atoms with Crippen molar-refractivity contribution in [2.24, 2.45) is 5.73 Å². The molecule has 0 bridgehead atoms. The smallest absolute Gasteiger partial charge is 0.154 e. The van der Waals surface area contributed by atoms with Crippen LogP contribution in [0.15, 0.2) is 42.6 Å². The highest BCUT2D eigenvalue weighted by Crippen LogP contribution is 2.23. The zero-order valence-corrected chi connectivity index (χ0v) is 13.9. The van der Waals surface area contributed by atoms with E-state index < -0.39 is 0 Å². The molecule has 0 radical (unpaired) electrons. The van der Waals surface area contributed by atoms with Gasteiger partial charge in [-0.2, -0.15) is 0 Å². The van der Waals surface area contributed by atoms with Crippen molar-refractivity contribution >= 4 is 11.5 Å². The molecule has 1 aromatic carbocycles. The van der Waals surface area contributed by atoms with Crippen molar-refractivity contribution in [3.8, 4) is 17.0 Å². The van der Waals surface area contributed by atoms with Gasteiger partial charge in [0.1, 0.15) is 18.2 Å². The molecule has 3 N–H and O–H groups in total. The summed E-state index contributed by atoms with van der Waals surface area (Å²) in [7, 11) is 0. The first kappa shape index (κ1) is 16.3. The summed E-state index contributed by atoms with van der Waals surface area (Å²) in [5.74, 6) is 1.67. The van der Waals surface area contributed by atoms with Crippen molar-refractivity contribution in [1.29, 1.82) is 0 Å². The van der Waals surface area contributed by atoms with Gasteiger partial charge in [0.15, 0.2) is 5.65 Å². The molecule has 0 unspecified atom stereocenters. The summed E-state index contributed by atoms with van der Waals surface area (Å²) >= 11 is 0. The summed E-state index contributed by atoms with van der Waals surface area (Å²) in [4.78, 5) is 4.43. The van der Waals surface area contributed by atoms with Gasteiger partial charge in [0.05, 0.1) is 11.9 Å². The van der Waals surface area contributed by atoms with Crippen LogP contribution in [-0.2, 0) is 0 Å². The van der Waals surface area contributed by atoms with Crippen LogP contribution in [0.2, 0.25) is 0 Å². The largest absolute Gasteiger partial charge is 0.492 e. The molecule has 0 aliphatic heterocycles. The molecule has 0 atom stereocenters. The Morgan fingerprint density at radius 3 is 2.75 bits per heavy atom. The number of hydrogen-bond donors (Lipinski definition) is 2. The minimum atomic E-state index is 0.507. The molecule has 3 rings (SSSR count). The van der Waals surface area contributed by atoms with Gasteiger partial charge in [-0.1, -0.05) is 13.3 Å². The maximum absolute atomic E-state index is 5.52. The van der Waals surface area contributed by atoms with Crippen LogP contribution in [0.3, 0.4) is 0 Å². The van der Waals surface area contributed by atoms with Gasteiger partial charge < -0.3 is 15.8 Å². The number of fused-ring (bicyclic) bond motifs is 1. The molecule has 24 heavy (non-hydrogen) atoms. The zero-order chi connectivity index (χ0) is 16.8. The van der Waals surface area contributed by atoms with Crippen LogP contribution >= 0.6 is 0 Å². The van der Waals surface area contributed by atoms with E-state index in [2.05, 4.69) is 22.3 Å². The van der Waals surface area contributed by atoms with Crippen LogP contribution in [0, 0.1) is 0 Å². The Morgan fingerprint density at radius 1 is 1.17 bits per heavy atom. The highest BCUT2D eigenvalue weighted by molar-refractivity contribution is 5.64. The van der Waals surface area contributed by atoms with Gasteiger partial charge >= 0.3 is 0 Å². The molecule has 6 heteroatoms. The summed E-state index contributed by atoms with van der Waals surface area (Å²) in [6.45, 7) is 4.12. The number of imidazole rings is 1. The van der Waals surface area contributed by atoms with E-state index in [0.717, 1.165) is 47.9 Å². The van der Waals surface area contributed by atoms with Gasteiger partial charge in [-0.15, -0.1) is 5.10 Å². The molecule has 0 saturated heterocycles. The molecule has 0 spiro atoms. The fraction of sp³-hybridized carbons (Fsp3) is 0.333. The van der Waals surface area contributed by atoms with E-state index >= 15 is 0 Å². The van der Waals surface area contributed by atoms with Crippen LogP contribution in [0.5, 0.6) is 5.75 Å². The number of unbranched alkanes of at least 4 members (excludes halogenated alkanes) is 1. The molecule has 0 fully saturated rings. The van der Waals surface area contributed by atoms with Gasteiger partial charge in [-0.25, -0.2) is 9.50 Å². The van der Waals surface area contributed by atoms with E-state index in [0.29, 0.717) is 13.2 Å². The average Bonchev–Trinajstić information content (AvgIpc) is 3.04. The molecule has 0 aliphatic rings. The predicted octanol–water partition coefficient (Wildman–Crippen LogP) is 2.95. The second-order valence-electron chi connectivity index (χ2n) is 5.57. The van der Waals surface area contributed by atoms with E-state index in [-0.39, 0.29) is 0 Å². The quantitative estimate of drug-likeness (QED) is 0.623. The van der Waals surface area contributed by atoms with Crippen molar-refractivity contribution < 1.29 is 4.74 Å². The molecule has 0 saturated carbocycles. The number of nitrogens with two attached hydrogens (primary N) is 1. The number of rotatable bonds is 8. The molecule has 126 valence electrons. The lowest BCUT2D eigenvalue weighted by Crippen LogP contribution is -2.10. The van der Waals surface area contributed by atoms with Crippen molar-refractivity contribution in [3.63, 3.8) is 0 Å². The third-order valence-corrected chi connectivity index (χ3v) is 3.74. The Kier molecular flexibility index (Phi) is 5.28. The summed E-state index contributed by atoms with van der Waals surface area (Å²) in [5.41, 5.74) is 8.28. The fourth-order valence-electron chi connectivity index (χ4n) is 2.46. The standard InChI is InChI=1S/C18H23N5O/c1-2-3-11-20-17-8-9-18-21-13-16(23(18)22-17)14-4-6-15(7-5-14)24-12-10-19/h4-9,13H,2-3,10-12,19H2,1H3,(H,20,22). The lowest BCUT2D eigenvalue weighted by atomic mass is 10.1. The monoisotopic (exact) mass is 325 g/mol. The Balaban J connectivity index is 1.84. The predicted molar refractivity (Wildman–Crippen MR) is 96.4 cm³/mol. The number of benzene rings is 1. The van der Waals surface area contributed by atoms with Gasteiger partial charge in [0.25, 0.3) is 0 Å². The molecule has 3 aromatic rings. The molecular weight excluding hydrogens is 302 g/mol. The number of anilines is 1. The van der Waals surface area contributed by atoms with Crippen LogP contribution < -0.4 is 15.8 Å². The third-order valence-electron chi connectivity index (χ3n) is 3.74. The normalized spacial score (nSPS) is 10.9. The minimum Gasteiger partial charge on any atom is -0.492 e. The Labute approximate surface area is 141 Å². The van der Waals surface area contributed by atoms with E-state index in [1.807, 2.05) is 47.1 Å². The minimum absolute atomic E-state index is 0.507. The van der Waals surface area contributed by atoms with Crippen LogP contribution in [0.25, 0.3) is 16.9 Å². The van der Waals surface area contributed by atoms with Gasteiger partial charge in [-0.3, -0.25) is 0 Å². The third kappa shape index (κ3) is 3.65. The summed E-state index contributed by atoms with van der Waals surface area (Å²) in [6.07, 6.45) is 4.12. The van der Waals surface area contributed by atoms with E-state index in [9.17, 15) is 0 Å². The van der Waals surface area contributed by atoms with Crippen molar-refractivity contribution in [3.05, 3.63) is 42.6 Å². The SMILES string of the molecule is CCCCNc1ccc2ncc(-c3ccc(OCCN)cc3)n2n1. The van der Waals surface area contributed by atoms with E-state index in [1.165, 1.54) is 0 Å². The first-order valence-corrected chi connectivity index (χ1v) is 8.34. The molecule has 2 aromatic heterocycles. The van der Waals surface area contributed by atoms with Crippen LogP contribution in [-0.4, -0.2) is 34.3 Å². The van der Waals surface area contributed by atoms with Crippen molar-refractivity contribution in [1.82, 2.24) is 14.6 Å². The number of nitrogens with one attached hydrogen (secondary N) is 1. The second-order valence-corrected chi connectivity index (χ2v) is 5.57. The average molecular weight is 325 g/mol. The van der Waals surface area contributed by atoms with Crippen molar-refractivity contribution in [2.45, 2.75) is 19.8 Å². The first-order chi connectivity index (χ1) is 11.8. The highest BCUT2D eigenvalue weighted by atomic mass is 16.5. The molecular formula is C18H23N5O. The number of hydrogen-bond acceptors (Lipinski definition) is 5. The Morgan fingerprint density at radius 2 is 2.00 bits per heavy atom. The molecule has 6 nitrogen and oxygen atoms in total. The second kappa shape index (κ2) is 7.79. The zero-order valence-electron chi connectivity index (χ0n) is 13.9. The summed E-state index contributed by atoms with van der Waals surface area (Å²) < 4.78 is 7.38. The lowest BCUT2D eigenvalue weighted by molar-refractivity contribution is 0.328. The summed E-state index contributed by atoms with van der Waals surface area (Å²) in [6, 6.07) is 11.8. The Hall–Kier alpha value is -2.60. The molecule has 0 aliphatic carbocycles. The topological polar surface area (TPSA) is 77.5 Å².